The van der Waals surface area contributed by atoms with Crippen LogP contribution in [0.25, 0.3) is 33.1 Å². The minimum Gasteiger partial charge on any atom is -0.118 e. The van der Waals surface area contributed by atoms with Gasteiger partial charge in [0.25, 0.3) is 0 Å². The van der Waals surface area contributed by atoms with E-state index in [1.165, 1.54) is 103 Å². The maximum absolute atomic E-state index is 2.59. The standard InChI is InChI=1S/C34H35N2/c1-3-11-23(12-4-1)27-17-10-18-28(24-13-5-2-6-14-24)33(27)32-22-26-21-25-15-9-19-30-29-16-7-8-20-31(29)36(32)35(26)34(25)30/h7-10,15-20,22-24H,1-6,11-14,21H2/q+1. The first-order valence-corrected chi connectivity index (χ1v) is 14.4. The molecule has 180 valence electrons. The van der Waals surface area contributed by atoms with E-state index in [0.717, 1.165) is 6.42 Å². The van der Waals surface area contributed by atoms with E-state index in [0.29, 0.717) is 11.8 Å². The number of aromatic nitrogens is 2. The van der Waals surface area contributed by atoms with Crippen LogP contribution in [-0.4, -0.2) is 4.52 Å². The number of nitrogens with zero attached hydrogens (tertiary/aromatic N) is 2. The first kappa shape index (κ1) is 21.0. The van der Waals surface area contributed by atoms with Crippen molar-refractivity contribution in [1.82, 2.24) is 4.52 Å². The van der Waals surface area contributed by atoms with Crippen molar-refractivity contribution in [2.45, 2.75) is 82.5 Å². The third kappa shape index (κ3) is 3.00. The largest absolute Gasteiger partial charge is 0.246 e. The number of hydrogen-bond acceptors (Lipinski definition) is 0. The van der Waals surface area contributed by atoms with Crippen LogP contribution in [0.2, 0.25) is 0 Å². The van der Waals surface area contributed by atoms with Crippen LogP contribution in [0, 0.1) is 0 Å². The number of fused-ring (bicyclic) bond motifs is 3. The van der Waals surface area contributed by atoms with Crippen LogP contribution >= 0.6 is 0 Å². The lowest BCUT2D eigenvalue weighted by Gasteiger charge is -2.28. The van der Waals surface area contributed by atoms with E-state index < -0.39 is 0 Å². The van der Waals surface area contributed by atoms with Crippen molar-refractivity contribution in [3.63, 3.8) is 0 Å². The first-order valence-electron chi connectivity index (χ1n) is 14.4. The van der Waals surface area contributed by atoms with Crippen molar-refractivity contribution < 1.29 is 4.52 Å². The molecule has 2 aliphatic carbocycles. The topological polar surface area (TPSA) is 8.51 Å². The van der Waals surface area contributed by atoms with Gasteiger partial charge < -0.3 is 0 Å². The molecule has 0 unspecified atom stereocenters. The Morgan fingerprint density at radius 2 is 1.28 bits per heavy atom. The summed E-state index contributed by atoms with van der Waals surface area (Å²) in [5.74, 6) is 1.39. The van der Waals surface area contributed by atoms with E-state index >= 15 is 0 Å². The van der Waals surface area contributed by atoms with Gasteiger partial charge in [0.2, 0.25) is 11.2 Å². The van der Waals surface area contributed by atoms with Crippen molar-refractivity contribution in [2.75, 3.05) is 0 Å². The summed E-state index contributed by atoms with van der Waals surface area (Å²) >= 11 is 0. The first-order chi connectivity index (χ1) is 17.9. The monoisotopic (exact) mass is 471 g/mol. The van der Waals surface area contributed by atoms with Crippen LogP contribution in [-0.2, 0) is 6.42 Å². The molecule has 3 aliphatic rings. The number of hydrogen-bond donors (Lipinski definition) is 0. The predicted octanol–water partition coefficient (Wildman–Crippen LogP) is 8.50. The molecule has 3 aromatic carbocycles. The summed E-state index contributed by atoms with van der Waals surface area (Å²) in [5, 5.41) is 2.76. The second kappa shape index (κ2) is 8.20. The smallest absolute Gasteiger partial charge is 0.118 e. The Kier molecular flexibility index (Phi) is 4.78. The van der Waals surface area contributed by atoms with Crippen LogP contribution in [0.1, 0.15) is 98.4 Å². The van der Waals surface area contributed by atoms with Crippen molar-refractivity contribution in [3.05, 3.63) is 89.1 Å². The maximum atomic E-state index is 2.59. The van der Waals surface area contributed by atoms with Gasteiger partial charge >= 0.3 is 0 Å². The lowest BCUT2D eigenvalue weighted by Crippen LogP contribution is -2.32. The molecule has 2 aromatic heterocycles. The molecule has 0 atom stereocenters. The fourth-order valence-corrected chi connectivity index (χ4v) is 7.98. The molecule has 2 saturated carbocycles. The Morgan fingerprint density at radius 1 is 0.639 bits per heavy atom. The zero-order chi connectivity index (χ0) is 23.6. The van der Waals surface area contributed by atoms with E-state index in [-0.39, 0.29) is 0 Å². The highest BCUT2D eigenvalue weighted by Crippen LogP contribution is 2.45. The van der Waals surface area contributed by atoms with Gasteiger partial charge in [-0.05, 0) is 60.3 Å². The summed E-state index contributed by atoms with van der Waals surface area (Å²) in [7, 11) is 0. The molecule has 2 nitrogen and oxygen atoms in total. The normalized spacial score (nSPS) is 18.8. The van der Waals surface area contributed by atoms with Gasteiger partial charge in [-0.2, -0.15) is 0 Å². The highest BCUT2D eigenvalue weighted by atomic mass is 15.3. The van der Waals surface area contributed by atoms with Crippen LogP contribution in [0.4, 0.5) is 0 Å². The number of benzene rings is 3. The molecule has 2 heteroatoms. The average molecular weight is 472 g/mol. The molecule has 0 spiro atoms. The Balaban J connectivity index is 1.48. The van der Waals surface area contributed by atoms with Crippen molar-refractivity contribution in [2.24, 2.45) is 0 Å². The Labute approximate surface area is 213 Å². The molecule has 0 saturated heterocycles. The summed E-state index contributed by atoms with van der Waals surface area (Å²) in [4.78, 5) is 0. The van der Waals surface area contributed by atoms with Gasteiger partial charge in [-0.15, -0.1) is 4.52 Å². The lowest BCUT2D eigenvalue weighted by molar-refractivity contribution is -0.576. The molecule has 0 amide bonds. The van der Waals surface area contributed by atoms with Gasteiger partial charge in [0.15, 0.2) is 0 Å². The van der Waals surface area contributed by atoms with Gasteiger partial charge in [0.05, 0.1) is 16.6 Å². The molecule has 2 fully saturated rings. The maximum Gasteiger partial charge on any atom is 0.246 e. The van der Waals surface area contributed by atoms with Crippen molar-refractivity contribution in [3.8, 4) is 11.3 Å². The van der Waals surface area contributed by atoms with Crippen LogP contribution in [0.15, 0.2) is 66.7 Å². The molecule has 0 bridgehead atoms. The third-order valence-corrected chi connectivity index (χ3v) is 9.60. The summed E-state index contributed by atoms with van der Waals surface area (Å²) in [6, 6.07) is 25.9. The summed E-state index contributed by atoms with van der Waals surface area (Å²) in [6.45, 7) is 0. The van der Waals surface area contributed by atoms with Crippen molar-refractivity contribution in [1.29, 1.82) is 0 Å². The molecule has 8 rings (SSSR count). The van der Waals surface area contributed by atoms with Crippen molar-refractivity contribution >= 4 is 21.8 Å². The Bertz CT molecular complexity index is 1590. The van der Waals surface area contributed by atoms with Gasteiger partial charge in [-0.25, -0.2) is 0 Å². The molecular weight excluding hydrogens is 436 g/mol. The van der Waals surface area contributed by atoms with Crippen LogP contribution in [0.3, 0.4) is 0 Å². The zero-order valence-corrected chi connectivity index (χ0v) is 21.2. The third-order valence-electron chi connectivity index (χ3n) is 9.60. The Hall–Kier alpha value is -3.13. The second-order valence-corrected chi connectivity index (χ2v) is 11.6. The summed E-state index contributed by atoms with van der Waals surface area (Å²) in [5.41, 5.74) is 11.9. The Morgan fingerprint density at radius 3 is 2.00 bits per heavy atom. The molecule has 0 N–H and O–H groups in total. The summed E-state index contributed by atoms with van der Waals surface area (Å²) < 4.78 is 5.15. The van der Waals surface area contributed by atoms with Crippen LogP contribution < -0.4 is 4.52 Å². The average Bonchev–Trinajstić information content (AvgIpc) is 3.50. The van der Waals surface area contributed by atoms with Gasteiger partial charge in [-0.3, -0.25) is 0 Å². The summed E-state index contributed by atoms with van der Waals surface area (Å²) in [6.07, 6.45) is 14.7. The molecule has 5 aromatic rings. The predicted molar refractivity (Wildman–Crippen MR) is 148 cm³/mol. The molecular formula is C34H35N2+. The fraction of sp³-hybridized carbons (Fsp3) is 0.382. The molecule has 3 heterocycles. The minimum absolute atomic E-state index is 0.696. The molecule has 0 radical (unpaired) electrons. The van der Waals surface area contributed by atoms with Gasteiger partial charge in [0, 0.05) is 23.9 Å². The van der Waals surface area contributed by atoms with Gasteiger partial charge in [-0.1, -0.05) is 91.6 Å². The minimum atomic E-state index is 0.696. The van der Waals surface area contributed by atoms with Crippen LogP contribution in [0.5, 0.6) is 0 Å². The second-order valence-electron chi connectivity index (χ2n) is 11.6. The molecule has 36 heavy (non-hydrogen) atoms. The fourth-order valence-electron chi connectivity index (χ4n) is 7.98. The van der Waals surface area contributed by atoms with Gasteiger partial charge in [0.1, 0.15) is 5.52 Å². The molecule has 1 aliphatic heterocycles. The van der Waals surface area contributed by atoms with E-state index in [1.54, 1.807) is 16.7 Å². The van der Waals surface area contributed by atoms with E-state index in [1.807, 2.05) is 0 Å². The van der Waals surface area contributed by atoms with E-state index in [2.05, 4.69) is 75.8 Å². The SMILES string of the molecule is c1cc(C2CCCCC2)c(-c2cc3n4c5c(cccc5c5ccccc5[n+]24)C3)c(C2CCCCC2)c1. The highest BCUT2D eigenvalue weighted by Gasteiger charge is 2.35. The zero-order valence-electron chi connectivity index (χ0n) is 21.2. The number of para-hydroxylation sites is 2. The number of rotatable bonds is 3. The quantitative estimate of drug-likeness (QED) is 0.181. The lowest BCUT2D eigenvalue weighted by atomic mass is 9.76. The van der Waals surface area contributed by atoms with E-state index in [4.69, 9.17) is 0 Å². The van der Waals surface area contributed by atoms with E-state index in [9.17, 15) is 0 Å². The highest BCUT2D eigenvalue weighted by molar-refractivity contribution is 6.04.